The summed E-state index contributed by atoms with van der Waals surface area (Å²) in [6.07, 6.45) is 3.84. The number of hydrogen-bond acceptors (Lipinski definition) is 3. The molecule has 0 bridgehead atoms. The first kappa shape index (κ1) is 14.9. The van der Waals surface area contributed by atoms with E-state index < -0.39 is 0 Å². The maximum Gasteiger partial charge on any atom is 0.223 e. The molecule has 2 rings (SSSR count). The number of benzene rings is 1. The van der Waals surface area contributed by atoms with Crippen LogP contribution in [0.5, 0.6) is 5.75 Å². The first-order valence-corrected chi connectivity index (χ1v) is 7.30. The van der Waals surface area contributed by atoms with Gasteiger partial charge in [-0.3, -0.25) is 4.79 Å². The van der Waals surface area contributed by atoms with Gasteiger partial charge in [-0.05, 0) is 43.9 Å². The summed E-state index contributed by atoms with van der Waals surface area (Å²) in [5.41, 5.74) is 7.00. The van der Waals surface area contributed by atoms with Crippen LogP contribution in [0.2, 0.25) is 0 Å². The summed E-state index contributed by atoms with van der Waals surface area (Å²) in [5, 5.41) is 3.09. The maximum absolute atomic E-state index is 12.3. The van der Waals surface area contributed by atoms with Gasteiger partial charge in [0.2, 0.25) is 5.91 Å². The summed E-state index contributed by atoms with van der Waals surface area (Å²) in [6, 6.07) is 7.95. The minimum absolute atomic E-state index is 0.0178. The molecule has 0 aromatic heterocycles. The number of rotatable bonds is 4. The van der Waals surface area contributed by atoms with E-state index in [2.05, 4.69) is 5.32 Å². The number of nitrogens with one attached hydrogen (secondary N) is 1. The Labute approximate surface area is 120 Å². The summed E-state index contributed by atoms with van der Waals surface area (Å²) in [7, 11) is 1.64. The van der Waals surface area contributed by atoms with Crippen molar-refractivity contribution in [2.75, 3.05) is 7.11 Å². The molecule has 0 aliphatic heterocycles. The first-order chi connectivity index (χ1) is 9.60. The monoisotopic (exact) mass is 276 g/mol. The van der Waals surface area contributed by atoms with E-state index in [1.165, 1.54) is 0 Å². The largest absolute Gasteiger partial charge is 0.497 e. The van der Waals surface area contributed by atoms with Gasteiger partial charge in [0.15, 0.2) is 0 Å². The fourth-order valence-corrected chi connectivity index (χ4v) is 2.79. The Hall–Kier alpha value is -1.55. The Morgan fingerprint density at radius 3 is 2.95 bits per heavy atom. The third kappa shape index (κ3) is 3.73. The second-order valence-electron chi connectivity index (χ2n) is 5.63. The van der Waals surface area contributed by atoms with Crippen LogP contribution in [-0.2, 0) is 4.79 Å². The molecule has 1 saturated carbocycles. The summed E-state index contributed by atoms with van der Waals surface area (Å²) in [5.74, 6) is 0.991. The second kappa shape index (κ2) is 6.75. The molecule has 1 aromatic carbocycles. The number of carbonyl (C=O) groups is 1. The van der Waals surface area contributed by atoms with Crippen molar-refractivity contribution in [3.8, 4) is 5.75 Å². The topological polar surface area (TPSA) is 64.3 Å². The lowest BCUT2D eigenvalue weighted by Gasteiger charge is -2.27. The average molecular weight is 276 g/mol. The maximum atomic E-state index is 12.3. The number of methoxy groups -OCH3 is 1. The third-order valence-corrected chi connectivity index (χ3v) is 4.04. The predicted octanol–water partition coefficient (Wildman–Crippen LogP) is 2.39. The molecule has 20 heavy (non-hydrogen) atoms. The molecule has 0 heterocycles. The Balaban J connectivity index is 1.96. The fraction of sp³-hybridized carbons (Fsp3) is 0.562. The van der Waals surface area contributed by atoms with Gasteiger partial charge in [0.05, 0.1) is 13.2 Å². The summed E-state index contributed by atoms with van der Waals surface area (Å²) < 4.78 is 5.21. The van der Waals surface area contributed by atoms with Gasteiger partial charge >= 0.3 is 0 Å². The molecule has 1 aliphatic carbocycles. The van der Waals surface area contributed by atoms with Gasteiger partial charge in [0.25, 0.3) is 0 Å². The molecule has 1 fully saturated rings. The highest BCUT2D eigenvalue weighted by molar-refractivity contribution is 5.79. The highest BCUT2D eigenvalue weighted by Crippen LogP contribution is 2.25. The van der Waals surface area contributed by atoms with Gasteiger partial charge in [0, 0.05) is 12.0 Å². The van der Waals surface area contributed by atoms with E-state index in [0.717, 1.165) is 37.0 Å². The van der Waals surface area contributed by atoms with Crippen molar-refractivity contribution in [1.29, 1.82) is 0 Å². The van der Waals surface area contributed by atoms with Gasteiger partial charge < -0.3 is 15.8 Å². The minimum Gasteiger partial charge on any atom is -0.497 e. The first-order valence-electron chi connectivity index (χ1n) is 7.30. The lowest BCUT2D eigenvalue weighted by molar-refractivity contribution is -0.126. The lowest BCUT2D eigenvalue weighted by atomic mass is 9.85. The van der Waals surface area contributed by atoms with Crippen LogP contribution in [0.15, 0.2) is 24.3 Å². The zero-order chi connectivity index (χ0) is 14.5. The predicted molar refractivity (Wildman–Crippen MR) is 79.5 cm³/mol. The summed E-state index contributed by atoms with van der Waals surface area (Å²) >= 11 is 0. The third-order valence-electron chi connectivity index (χ3n) is 4.04. The molecule has 2 unspecified atom stereocenters. The molecule has 110 valence electrons. The van der Waals surface area contributed by atoms with Crippen molar-refractivity contribution in [2.45, 2.75) is 44.7 Å². The lowest BCUT2D eigenvalue weighted by Crippen LogP contribution is -2.38. The van der Waals surface area contributed by atoms with E-state index in [-0.39, 0.29) is 23.9 Å². The number of nitrogens with two attached hydrogens (primary N) is 1. The van der Waals surface area contributed by atoms with Crippen LogP contribution in [0.4, 0.5) is 0 Å². The number of amides is 1. The number of hydrogen-bond donors (Lipinski definition) is 2. The normalized spacial score (nSPS) is 23.9. The second-order valence-corrected chi connectivity index (χ2v) is 5.63. The van der Waals surface area contributed by atoms with Crippen LogP contribution in [0.1, 0.15) is 44.2 Å². The summed E-state index contributed by atoms with van der Waals surface area (Å²) in [6.45, 7) is 2.00. The van der Waals surface area contributed by atoms with Crippen molar-refractivity contribution in [2.24, 2.45) is 11.7 Å². The van der Waals surface area contributed by atoms with Crippen molar-refractivity contribution in [3.05, 3.63) is 29.8 Å². The standard InChI is InChI=1S/C16H24N2O2/c1-11(12-5-4-8-15(10-12)20-2)18-16(19)13-6-3-7-14(17)9-13/h4-5,8,10-11,13-14H,3,6-7,9,17H2,1-2H3,(H,18,19)/t11-,13?,14?/m0/s1. The molecular formula is C16H24N2O2. The van der Waals surface area contributed by atoms with Gasteiger partial charge in [-0.15, -0.1) is 0 Å². The van der Waals surface area contributed by atoms with Crippen LogP contribution in [-0.4, -0.2) is 19.1 Å². The van der Waals surface area contributed by atoms with E-state index in [1.54, 1.807) is 7.11 Å². The molecule has 4 heteroatoms. The van der Waals surface area contributed by atoms with E-state index >= 15 is 0 Å². The van der Waals surface area contributed by atoms with Crippen molar-refractivity contribution >= 4 is 5.91 Å². The van der Waals surface area contributed by atoms with E-state index in [4.69, 9.17) is 10.5 Å². The smallest absolute Gasteiger partial charge is 0.223 e. The number of carbonyl (C=O) groups excluding carboxylic acids is 1. The highest BCUT2D eigenvalue weighted by atomic mass is 16.5. The van der Waals surface area contributed by atoms with Crippen LogP contribution < -0.4 is 15.8 Å². The molecule has 1 aromatic rings. The Bertz CT molecular complexity index is 462. The average Bonchev–Trinajstić information content (AvgIpc) is 2.47. The van der Waals surface area contributed by atoms with Crippen molar-refractivity contribution in [1.82, 2.24) is 5.32 Å². The van der Waals surface area contributed by atoms with E-state index in [1.807, 2.05) is 31.2 Å². The quantitative estimate of drug-likeness (QED) is 0.887. The zero-order valence-corrected chi connectivity index (χ0v) is 12.3. The molecule has 1 amide bonds. The van der Waals surface area contributed by atoms with Gasteiger partial charge in [0.1, 0.15) is 5.75 Å². The van der Waals surface area contributed by atoms with E-state index in [9.17, 15) is 4.79 Å². The Kier molecular flexibility index (Phi) is 5.01. The minimum atomic E-state index is -0.0178. The molecule has 1 aliphatic rings. The molecule has 0 radical (unpaired) electrons. The highest BCUT2D eigenvalue weighted by Gasteiger charge is 2.26. The molecule has 3 atom stereocenters. The Morgan fingerprint density at radius 1 is 1.45 bits per heavy atom. The molecule has 0 saturated heterocycles. The molecule has 0 spiro atoms. The number of ether oxygens (including phenoxy) is 1. The van der Waals surface area contributed by atoms with Crippen LogP contribution >= 0.6 is 0 Å². The van der Waals surface area contributed by atoms with Crippen LogP contribution in [0.25, 0.3) is 0 Å². The fourth-order valence-electron chi connectivity index (χ4n) is 2.79. The van der Waals surface area contributed by atoms with Crippen molar-refractivity contribution < 1.29 is 9.53 Å². The van der Waals surface area contributed by atoms with E-state index in [0.29, 0.717) is 0 Å². The van der Waals surface area contributed by atoms with Crippen LogP contribution in [0.3, 0.4) is 0 Å². The van der Waals surface area contributed by atoms with Crippen molar-refractivity contribution in [3.63, 3.8) is 0 Å². The SMILES string of the molecule is COc1cccc([C@H](C)NC(=O)C2CCCC(N)C2)c1. The van der Waals surface area contributed by atoms with Gasteiger partial charge in [-0.25, -0.2) is 0 Å². The molecule has 4 nitrogen and oxygen atoms in total. The molecular weight excluding hydrogens is 252 g/mol. The zero-order valence-electron chi connectivity index (χ0n) is 12.3. The molecule has 3 N–H and O–H groups in total. The van der Waals surface area contributed by atoms with Crippen LogP contribution in [0, 0.1) is 5.92 Å². The van der Waals surface area contributed by atoms with Gasteiger partial charge in [-0.1, -0.05) is 18.6 Å². The Morgan fingerprint density at radius 2 is 2.25 bits per heavy atom. The van der Waals surface area contributed by atoms with Gasteiger partial charge in [-0.2, -0.15) is 0 Å². The summed E-state index contributed by atoms with van der Waals surface area (Å²) in [4.78, 5) is 12.3.